The number of carbonyl (C=O) groups excluding carboxylic acids is 3. The third-order valence-corrected chi connectivity index (χ3v) is 4.41. The first-order chi connectivity index (χ1) is 14.5. The van der Waals surface area contributed by atoms with E-state index < -0.39 is 18.5 Å². The number of ketones is 1. The molecule has 0 spiro atoms. The molecule has 30 heavy (non-hydrogen) atoms. The number of ether oxygens (including phenoxy) is 2. The molecule has 6 nitrogen and oxygen atoms in total. The van der Waals surface area contributed by atoms with Crippen molar-refractivity contribution in [3.63, 3.8) is 0 Å². The van der Waals surface area contributed by atoms with Crippen LogP contribution >= 0.6 is 0 Å². The van der Waals surface area contributed by atoms with Gasteiger partial charge in [0, 0.05) is 16.8 Å². The zero-order chi connectivity index (χ0) is 21.5. The van der Waals surface area contributed by atoms with Crippen LogP contribution in [-0.4, -0.2) is 31.4 Å². The van der Waals surface area contributed by atoms with Crippen LogP contribution in [0.25, 0.3) is 0 Å². The SMILES string of the molecule is COc1ccc(C(=O)c2ccccc2C(=O)OCC(=O)Nc2ccc(C)cc2)cc1. The molecular formula is C24H21NO5. The Balaban J connectivity index is 1.68. The summed E-state index contributed by atoms with van der Waals surface area (Å²) in [6.07, 6.45) is 0. The maximum absolute atomic E-state index is 12.9. The summed E-state index contributed by atoms with van der Waals surface area (Å²) >= 11 is 0. The molecule has 0 atom stereocenters. The number of esters is 1. The fourth-order valence-electron chi connectivity index (χ4n) is 2.80. The van der Waals surface area contributed by atoms with Crippen molar-refractivity contribution >= 4 is 23.3 Å². The Hall–Kier alpha value is -3.93. The maximum Gasteiger partial charge on any atom is 0.339 e. The second-order valence-electron chi connectivity index (χ2n) is 6.59. The van der Waals surface area contributed by atoms with Gasteiger partial charge in [0.15, 0.2) is 12.4 Å². The van der Waals surface area contributed by atoms with Crippen molar-refractivity contribution in [1.29, 1.82) is 0 Å². The first-order valence-corrected chi connectivity index (χ1v) is 9.29. The van der Waals surface area contributed by atoms with Crippen LogP contribution in [0.1, 0.15) is 31.8 Å². The van der Waals surface area contributed by atoms with Gasteiger partial charge in [-0.25, -0.2) is 4.79 Å². The van der Waals surface area contributed by atoms with E-state index in [1.165, 1.54) is 13.2 Å². The van der Waals surface area contributed by atoms with Gasteiger partial charge < -0.3 is 14.8 Å². The van der Waals surface area contributed by atoms with E-state index in [4.69, 9.17) is 9.47 Å². The lowest BCUT2D eigenvalue weighted by molar-refractivity contribution is -0.119. The molecule has 0 saturated heterocycles. The van der Waals surface area contributed by atoms with E-state index in [1.54, 1.807) is 54.6 Å². The normalized spacial score (nSPS) is 10.2. The molecule has 1 amide bonds. The largest absolute Gasteiger partial charge is 0.497 e. The minimum Gasteiger partial charge on any atom is -0.497 e. The van der Waals surface area contributed by atoms with Crippen molar-refractivity contribution in [2.24, 2.45) is 0 Å². The average molecular weight is 403 g/mol. The van der Waals surface area contributed by atoms with Crippen LogP contribution in [0.5, 0.6) is 5.75 Å². The number of carbonyl (C=O) groups is 3. The van der Waals surface area contributed by atoms with Gasteiger partial charge in [0.2, 0.25) is 0 Å². The van der Waals surface area contributed by atoms with E-state index in [0.717, 1.165) is 5.56 Å². The monoisotopic (exact) mass is 403 g/mol. The smallest absolute Gasteiger partial charge is 0.339 e. The summed E-state index contributed by atoms with van der Waals surface area (Å²) < 4.78 is 10.2. The third-order valence-electron chi connectivity index (χ3n) is 4.41. The van der Waals surface area contributed by atoms with Crippen LogP contribution < -0.4 is 10.1 Å². The molecule has 0 aliphatic heterocycles. The lowest BCUT2D eigenvalue weighted by Crippen LogP contribution is -2.22. The van der Waals surface area contributed by atoms with Gasteiger partial charge in [-0.2, -0.15) is 0 Å². The number of anilines is 1. The standard InChI is InChI=1S/C24H21NO5/c1-16-7-11-18(12-8-16)25-22(26)15-30-24(28)21-6-4-3-5-20(21)23(27)17-9-13-19(29-2)14-10-17/h3-14H,15H2,1-2H3,(H,25,26). The Morgan fingerprint density at radius 1 is 0.833 bits per heavy atom. The first-order valence-electron chi connectivity index (χ1n) is 9.29. The Bertz CT molecular complexity index is 1060. The van der Waals surface area contributed by atoms with Crippen molar-refractivity contribution in [3.05, 3.63) is 95.1 Å². The summed E-state index contributed by atoms with van der Waals surface area (Å²) in [7, 11) is 1.54. The molecule has 0 aliphatic rings. The van der Waals surface area contributed by atoms with E-state index in [9.17, 15) is 14.4 Å². The maximum atomic E-state index is 12.9. The van der Waals surface area contributed by atoms with E-state index in [-0.39, 0.29) is 16.9 Å². The Labute approximate surface area is 174 Å². The molecule has 0 bridgehead atoms. The number of hydrogen-bond acceptors (Lipinski definition) is 5. The number of benzene rings is 3. The molecule has 0 aliphatic carbocycles. The highest BCUT2D eigenvalue weighted by Crippen LogP contribution is 2.18. The quantitative estimate of drug-likeness (QED) is 0.476. The topological polar surface area (TPSA) is 81.7 Å². The number of nitrogens with one attached hydrogen (secondary N) is 1. The zero-order valence-corrected chi connectivity index (χ0v) is 16.7. The number of rotatable bonds is 7. The fourth-order valence-corrected chi connectivity index (χ4v) is 2.80. The zero-order valence-electron chi connectivity index (χ0n) is 16.7. The molecular weight excluding hydrogens is 382 g/mol. The van der Waals surface area contributed by atoms with Gasteiger partial charge in [0.1, 0.15) is 5.75 Å². The summed E-state index contributed by atoms with van der Waals surface area (Å²) in [5.41, 5.74) is 2.38. The molecule has 0 saturated carbocycles. The van der Waals surface area contributed by atoms with Crippen LogP contribution in [0.3, 0.4) is 0 Å². The van der Waals surface area contributed by atoms with E-state index in [1.807, 2.05) is 19.1 Å². The van der Waals surface area contributed by atoms with Crippen molar-refractivity contribution in [2.45, 2.75) is 6.92 Å². The molecule has 3 aromatic rings. The van der Waals surface area contributed by atoms with Gasteiger partial charge in [0.25, 0.3) is 5.91 Å². The van der Waals surface area contributed by atoms with E-state index >= 15 is 0 Å². The van der Waals surface area contributed by atoms with Gasteiger partial charge in [-0.05, 0) is 49.4 Å². The summed E-state index contributed by atoms with van der Waals surface area (Å²) in [4.78, 5) is 37.4. The van der Waals surface area contributed by atoms with Crippen LogP contribution in [0.2, 0.25) is 0 Å². The third kappa shape index (κ3) is 5.11. The van der Waals surface area contributed by atoms with Gasteiger partial charge in [-0.1, -0.05) is 35.9 Å². The summed E-state index contributed by atoms with van der Waals surface area (Å²) in [5, 5.41) is 2.66. The number of methoxy groups -OCH3 is 1. The minimum atomic E-state index is -0.744. The second kappa shape index (κ2) is 9.52. The van der Waals surface area contributed by atoms with Gasteiger partial charge in [0.05, 0.1) is 12.7 Å². The molecule has 3 rings (SSSR count). The molecule has 0 unspecified atom stereocenters. The van der Waals surface area contributed by atoms with E-state index in [2.05, 4.69) is 5.32 Å². The highest BCUT2D eigenvalue weighted by Gasteiger charge is 2.20. The fraction of sp³-hybridized carbons (Fsp3) is 0.125. The molecule has 0 fully saturated rings. The number of hydrogen-bond donors (Lipinski definition) is 1. The molecule has 1 N–H and O–H groups in total. The van der Waals surface area contributed by atoms with E-state index in [0.29, 0.717) is 17.0 Å². The molecule has 0 aromatic heterocycles. The van der Waals surface area contributed by atoms with Crippen LogP contribution in [0, 0.1) is 6.92 Å². The Morgan fingerprint density at radius 3 is 2.10 bits per heavy atom. The summed E-state index contributed by atoms with van der Waals surface area (Å²) in [6, 6.07) is 20.2. The van der Waals surface area contributed by atoms with Gasteiger partial charge >= 0.3 is 5.97 Å². The summed E-state index contributed by atoms with van der Waals surface area (Å²) in [5.74, 6) is -0.911. The molecule has 0 heterocycles. The van der Waals surface area contributed by atoms with Crippen molar-refractivity contribution in [2.75, 3.05) is 19.0 Å². The Morgan fingerprint density at radius 2 is 1.47 bits per heavy atom. The van der Waals surface area contributed by atoms with Gasteiger partial charge in [-0.3, -0.25) is 9.59 Å². The minimum absolute atomic E-state index is 0.0986. The number of amides is 1. The van der Waals surface area contributed by atoms with Crippen molar-refractivity contribution in [1.82, 2.24) is 0 Å². The first kappa shape index (κ1) is 20.8. The molecule has 0 radical (unpaired) electrons. The Kier molecular flexibility index (Phi) is 6.60. The lowest BCUT2D eigenvalue weighted by atomic mass is 9.98. The van der Waals surface area contributed by atoms with Crippen LogP contribution in [-0.2, 0) is 9.53 Å². The molecule has 3 aromatic carbocycles. The predicted octanol–water partition coefficient (Wildman–Crippen LogP) is 4.03. The molecule has 6 heteroatoms. The second-order valence-corrected chi connectivity index (χ2v) is 6.59. The molecule has 152 valence electrons. The number of aryl methyl sites for hydroxylation is 1. The highest BCUT2D eigenvalue weighted by atomic mass is 16.5. The van der Waals surface area contributed by atoms with Crippen LogP contribution in [0.4, 0.5) is 5.69 Å². The van der Waals surface area contributed by atoms with Crippen molar-refractivity contribution < 1.29 is 23.9 Å². The highest BCUT2D eigenvalue weighted by molar-refractivity contribution is 6.14. The average Bonchev–Trinajstić information content (AvgIpc) is 2.78. The van der Waals surface area contributed by atoms with Crippen molar-refractivity contribution in [3.8, 4) is 5.75 Å². The predicted molar refractivity (Wildman–Crippen MR) is 113 cm³/mol. The van der Waals surface area contributed by atoms with Gasteiger partial charge in [-0.15, -0.1) is 0 Å². The summed E-state index contributed by atoms with van der Waals surface area (Å²) in [6.45, 7) is 1.48. The lowest BCUT2D eigenvalue weighted by Gasteiger charge is -2.10. The van der Waals surface area contributed by atoms with Crippen LogP contribution in [0.15, 0.2) is 72.8 Å².